The van der Waals surface area contributed by atoms with E-state index in [4.69, 9.17) is 14.2 Å². The van der Waals surface area contributed by atoms with Crippen LogP contribution in [0, 0.1) is 0 Å². The Morgan fingerprint density at radius 3 is 2.15 bits per heavy atom. The molecule has 0 saturated heterocycles. The zero-order chi connectivity index (χ0) is 23.5. The summed E-state index contributed by atoms with van der Waals surface area (Å²) in [7, 11) is 0. The van der Waals surface area contributed by atoms with Gasteiger partial charge in [0.2, 0.25) is 0 Å². The third-order valence-corrected chi connectivity index (χ3v) is 5.00. The molecule has 0 N–H and O–H groups in total. The molecule has 0 unspecified atom stereocenters. The van der Waals surface area contributed by atoms with Crippen LogP contribution < -0.4 is 48.9 Å². The number of aldehydes is 1. The van der Waals surface area contributed by atoms with Crippen LogP contribution in [0.4, 0.5) is 0 Å². The molecule has 6 nitrogen and oxygen atoms in total. The van der Waals surface area contributed by atoms with Gasteiger partial charge in [0.05, 0.1) is 19.2 Å². The first-order valence-corrected chi connectivity index (χ1v) is 10.9. The van der Waals surface area contributed by atoms with Crippen LogP contribution in [0.3, 0.4) is 0 Å². The fourth-order valence-corrected chi connectivity index (χ4v) is 3.37. The quantitative estimate of drug-likeness (QED) is 0.152. The molecule has 0 bridgehead atoms. The molecule has 0 radical (unpaired) electrons. The minimum absolute atomic E-state index is 0. The number of carboxylic acid groups (broad SMARTS) is 1. The zero-order valence-electron chi connectivity index (χ0n) is 19.5. The maximum atomic E-state index is 11.0. The molecule has 0 aliphatic heterocycles. The summed E-state index contributed by atoms with van der Waals surface area (Å²) in [5.74, 6) is 0.905. The summed E-state index contributed by atoms with van der Waals surface area (Å²) in [6.45, 7) is 5.17. The average molecular weight is 470 g/mol. The summed E-state index contributed by atoms with van der Waals surface area (Å²) < 4.78 is 17.2. The number of hydrogen-bond acceptors (Lipinski definition) is 6. The number of hydrogen-bond donors (Lipinski definition) is 0. The van der Waals surface area contributed by atoms with Crippen LogP contribution in [0.15, 0.2) is 67.3 Å². The maximum absolute atomic E-state index is 11.0. The summed E-state index contributed by atoms with van der Waals surface area (Å²) in [5.41, 5.74) is 1.01. The van der Waals surface area contributed by atoms with E-state index in [-0.39, 0.29) is 35.1 Å². The molecule has 0 amide bonds. The monoisotopic (exact) mass is 470 g/mol. The van der Waals surface area contributed by atoms with Crippen molar-refractivity contribution in [2.24, 2.45) is 0 Å². The van der Waals surface area contributed by atoms with Gasteiger partial charge in [0.25, 0.3) is 0 Å². The fourth-order valence-electron chi connectivity index (χ4n) is 3.37. The molecular weight excluding hydrogens is 443 g/mol. The number of rotatable bonds is 14. The zero-order valence-corrected chi connectivity index (χ0v) is 21.5. The van der Waals surface area contributed by atoms with Crippen molar-refractivity contribution in [1.29, 1.82) is 0 Å². The van der Waals surface area contributed by atoms with Crippen LogP contribution in [0.5, 0.6) is 17.2 Å². The Hall–Kier alpha value is -2.80. The van der Waals surface area contributed by atoms with Gasteiger partial charge in [-0.2, -0.15) is 0 Å². The van der Waals surface area contributed by atoms with Crippen molar-refractivity contribution in [2.45, 2.75) is 25.7 Å². The summed E-state index contributed by atoms with van der Waals surface area (Å²) in [6.07, 6.45) is 5.52. The standard InChI is InChI=1S/C27H28O6.Na/c1-2-12-31-25-15-20(10-11-28)16-26(19-25)33-14-5-3-4-13-32-24-9-8-21-17-23(27(29)30)7-6-22(21)18-24;/h2,6-9,11,15-19H,1,3-5,10,12-14H2,(H,29,30);/q;+1/p-1. The van der Waals surface area contributed by atoms with Crippen molar-refractivity contribution in [2.75, 3.05) is 19.8 Å². The molecule has 3 rings (SSSR count). The molecule has 3 aromatic carbocycles. The number of unbranched alkanes of at least 4 members (excludes halogenated alkanes) is 2. The topological polar surface area (TPSA) is 84.9 Å². The van der Waals surface area contributed by atoms with Crippen LogP contribution in [0.1, 0.15) is 35.2 Å². The molecule has 0 fully saturated rings. The van der Waals surface area contributed by atoms with Gasteiger partial charge in [-0.15, -0.1) is 0 Å². The normalized spacial score (nSPS) is 10.2. The molecular formula is C27H27NaO6. The number of carboxylic acids is 1. The average Bonchev–Trinajstić information content (AvgIpc) is 2.81. The van der Waals surface area contributed by atoms with E-state index in [0.29, 0.717) is 37.7 Å². The summed E-state index contributed by atoms with van der Waals surface area (Å²) in [5, 5.41) is 12.7. The van der Waals surface area contributed by atoms with Crippen molar-refractivity contribution in [1.82, 2.24) is 0 Å². The van der Waals surface area contributed by atoms with Gasteiger partial charge < -0.3 is 28.9 Å². The third kappa shape index (κ3) is 8.52. The van der Waals surface area contributed by atoms with E-state index in [2.05, 4.69) is 6.58 Å². The Morgan fingerprint density at radius 1 is 0.824 bits per heavy atom. The smallest absolute Gasteiger partial charge is 0.545 e. The molecule has 0 atom stereocenters. The number of benzene rings is 3. The van der Waals surface area contributed by atoms with Crippen molar-refractivity contribution in [3.63, 3.8) is 0 Å². The minimum atomic E-state index is -1.18. The van der Waals surface area contributed by atoms with Crippen LogP contribution in [-0.4, -0.2) is 32.1 Å². The number of carbonyl (C=O) groups is 2. The van der Waals surface area contributed by atoms with Gasteiger partial charge in [0, 0.05) is 12.5 Å². The van der Waals surface area contributed by atoms with E-state index < -0.39 is 5.97 Å². The molecule has 0 heterocycles. The number of aromatic carboxylic acids is 1. The molecule has 7 heteroatoms. The van der Waals surface area contributed by atoms with Gasteiger partial charge in [-0.3, -0.25) is 0 Å². The summed E-state index contributed by atoms with van der Waals surface area (Å²) in [6, 6.07) is 16.0. The van der Waals surface area contributed by atoms with E-state index in [0.717, 1.165) is 47.6 Å². The van der Waals surface area contributed by atoms with Gasteiger partial charge in [0.15, 0.2) is 0 Å². The Morgan fingerprint density at radius 2 is 1.47 bits per heavy atom. The predicted molar refractivity (Wildman–Crippen MR) is 125 cm³/mol. The Balaban J connectivity index is 0.00000408. The molecule has 172 valence electrons. The van der Waals surface area contributed by atoms with Gasteiger partial charge in [-0.25, -0.2) is 0 Å². The first kappa shape index (κ1) is 27.4. The van der Waals surface area contributed by atoms with E-state index >= 15 is 0 Å². The van der Waals surface area contributed by atoms with Crippen LogP contribution in [0.25, 0.3) is 10.8 Å². The largest absolute Gasteiger partial charge is 1.00 e. The van der Waals surface area contributed by atoms with E-state index in [1.807, 2.05) is 36.4 Å². The van der Waals surface area contributed by atoms with Crippen molar-refractivity contribution in [3.05, 3.63) is 78.4 Å². The summed E-state index contributed by atoms with van der Waals surface area (Å²) in [4.78, 5) is 21.8. The number of fused-ring (bicyclic) bond motifs is 1. The Bertz CT molecular complexity index is 1110. The fraction of sp³-hybridized carbons (Fsp3) is 0.259. The molecule has 0 aliphatic rings. The second-order valence-corrected chi connectivity index (χ2v) is 7.55. The molecule has 0 spiro atoms. The molecule has 34 heavy (non-hydrogen) atoms. The van der Waals surface area contributed by atoms with Gasteiger partial charge in [-0.1, -0.05) is 30.9 Å². The van der Waals surface area contributed by atoms with Crippen molar-refractivity contribution < 1.29 is 58.5 Å². The third-order valence-electron chi connectivity index (χ3n) is 5.00. The molecule has 0 aromatic heterocycles. The Labute approximate surface area is 221 Å². The number of carbonyl (C=O) groups excluding carboxylic acids is 2. The van der Waals surface area contributed by atoms with Crippen LogP contribution >= 0.6 is 0 Å². The predicted octanol–water partition coefficient (Wildman–Crippen LogP) is 1.14. The van der Waals surface area contributed by atoms with Crippen molar-refractivity contribution >= 4 is 23.0 Å². The minimum Gasteiger partial charge on any atom is -0.545 e. The van der Waals surface area contributed by atoms with E-state index in [1.165, 1.54) is 6.07 Å². The molecule has 0 saturated carbocycles. The van der Waals surface area contributed by atoms with Gasteiger partial charge in [-0.05, 0) is 71.5 Å². The van der Waals surface area contributed by atoms with E-state index in [9.17, 15) is 14.7 Å². The van der Waals surface area contributed by atoms with Crippen LogP contribution in [0.2, 0.25) is 0 Å². The van der Waals surface area contributed by atoms with Crippen LogP contribution in [-0.2, 0) is 11.2 Å². The number of ether oxygens (including phenoxy) is 3. The summed E-state index contributed by atoms with van der Waals surface area (Å²) >= 11 is 0. The molecule has 3 aromatic rings. The van der Waals surface area contributed by atoms with Gasteiger partial charge in [0.1, 0.15) is 30.1 Å². The SMILES string of the molecule is C=CCOc1cc(CC=O)cc(OCCCCCOc2ccc3cc(C(=O)[O-])ccc3c2)c1.[Na+]. The Kier molecular flexibility index (Phi) is 11.7. The second kappa shape index (κ2) is 14.5. The van der Waals surface area contributed by atoms with Gasteiger partial charge >= 0.3 is 29.6 Å². The first-order valence-electron chi connectivity index (χ1n) is 10.9. The molecule has 0 aliphatic carbocycles. The van der Waals surface area contributed by atoms with E-state index in [1.54, 1.807) is 18.2 Å². The van der Waals surface area contributed by atoms with Crippen molar-refractivity contribution in [3.8, 4) is 17.2 Å². The first-order chi connectivity index (χ1) is 16.1. The maximum Gasteiger partial charge on any atom is 1.00 e. The second-order valence-electron chi connectivity index (χ2n) is 7.55.